The van der Waals surface area contributed by atoms with Crippen LogP contribution in [0.4, 0.5) is 5.69 Å². The van der Waals surface area contributed by atoms with Gasteiger partial charge in [0.2, 0.25) is 5.91 Å². The van der Waals surface area contributed by atoms with Crippen LogP contribution in [-0.2, 0) is 4.79 Å². The van der Waals surface area contributed by atoms with E-state index in [1.165, 1.54) is 6.42 Å². The molecule has 0 aliphatic carbocycles. The SMILES string of the molecule is CCC1CCCCN1C(=O)c1cccc(NC(=O)C(C)C)c1. The second-order valence-corrected chi connectivity index (χ2v) is 6.28. The Morgan fingerprint density at radius 1 is 1.32 bits per heavy atom. The number of hydrogen-bond donors (Lipinski definition) is 1. The number of nitrogens with zero attached hydrogens (tertiary/aromatic N) is 1. The van der Waals surface area contributed by atoms with Crippen molar-refractivity contribution in [2.75, 3.05) is 11.9 Å². The lowest BCUT2D eigenvalue weighted by molar-refractivity contribution is -0.118. The molecule has 1 atom stereocenters. The quantitative estimate of drug-likeness (QED) is 0.922. The highest BCUT2D eigenvalue weighted by Crippen LogP contribution is 2.23. The Hall–Kier alpha value is -1.84. The van der Waals surface area contributed by atoms with Crippen molar-refractivity contribution in [3.8, 4) is 0 Å². The summed E-state index contributed by atoms with van der Waals surface area (Å²) in [5.74, 6) is -0.0351. The first-order chi connectivity index (χ1) is 10.5. The van der Waals surface area contributed by atoms with Crippen LogP contribution in [0.2, 0.25) is 0 Å². The molecule has 1 aromatic carbocycles. The van der Waals surface area contributed by atoms with E-state index < -0.39 is 0 Å². The molecule has 1 saturated heterocycles. The van der Waals surface area contributed by atoms with Gasteiger partial charge in [0.1, 0.15) is 0 Å². The maximum atomic E-state index is 12.8. The number of carbonyl (C=O) groups excluding carboxylic acids is 2. The molecule has 2 rings (SSSR count). The first-order valence-corrected chi connectivity index (χ1v) is 8.24. The number of hydrogen-bond acceptors (Lipinski definition) is 2. The summed E-state index contributed by atoms with van der Waals surface area (Å²) >= 11 is 0. The average molecular weight is 302 g/mol. The van der Waals surface area contributed by atoms with Gasteiger partial charge in [-0.25, -0.2) is 0 Å². The van der Waals surface area contributed by atoms with Crippen LogP contribution >= 0.6 is 0 Å². The zero-order chi connectivity index (χ0) is 16.1. The zero-order valence-corrected chi connectivity index (χ0v) is 13.8. The minimum absolute atomic E-state index is 0.0333. The van der Waals surface area contributed by atoms with Gasteiger partial charge in [-0.05, 0) is 43.9 Å². The molecule has 1 aliphatic rings. The second kappa shape index (κ2) is 7.43. The van der Waals surface area contributed by atoms with E-state index in [2.05, 4.69) is 12.2 Å². The first-order valence-electron chi connectivity index (χ1n) is 8.24. The predicted molar refractivity (Wildman–Crippen MR) is 88.9 cm³/mol. The highest BCUT2D eigenvalue weighted by molar-refractivity contribution is 5.97. The van der Waals surface area contributed by atoms with Crippen LogP contribution in [0.5, 0.6) is 0 Å². The Balaban J connectivity index is 2.14. The largest absolute Gasteiger partial charge is 0.336 e. The van der Waals surface area contributed by atoms with Gasteiger partial charge in [0.15, 0.2) is 0 Å². The van der Waals surface area contributed by atoms with Crippen LogP contribution < -0.4 is 5.32 Å². The summed E-state index contributed by atoms with van der Waals surface area (Å²) in [6, 6.07) is 7.60. The van der Waals surface area contributed by atoms with Gasteiger partial charge in [-0.1, -0.05) is 26.8 Å². The van der Waals surface area contributed by atoms with Crippen molar-refractivity contribution < 1.29 is 9.59 Å². The number of benzene rings is 1. The number of anilines is 1. The zero-order valence-electron chi connectivity index (χ0n) is 13.8. The fraction of sp³-hybridized carbons (Fsp3) is 0.556. The summed E-state index contributed by atoms with van der Waals surface area (Å²) in [5, 5.41) is 2.86. The van der Waals surface area contributed by atoms with Gasteiger partial charge >= 0.3 is 0 Å². The van der Waals surface area contributed by atoms with Crippen LogP contribution in [0.15, 0.2) is 24.3 Å². The Bertz CT molecular complexity index is 540. The van der Waals surface area contributed by atoms with Crippen LogP contribution in [0.1, 0.15) is 56.8 Å². The lowest BCUT2D eigenvalue weighted by atomic mass is 9.99. The molecule has 0 spiro atoms. The van der Waals surface area contributed by atoms with Crippen LogP contribution in [0.3, 0.4) is 0 Å². The molecule has 1 heterocycles. The molecule has 0 radical (unpaired) electrons. The summed E-state index contributed by atoms with van der Waals surface area (Å²) in [6.45, 7) is 6.67. The number of rotatable bonds is 4. The average Bonchev–Trinajstić information content (AvgIpc) is 2.54. The Morgan fingerprint density at radius 2 is 2.09 bits per heavy atom. The molecular formula is C18H26N2O2. The van der Waals surface area contributed by atoms with Gasteiger partial charge in [0, 0.05) is 29.8 Å². The van der Waals surface area contributed by atoms with E-state index >= 15 is 0 Å². The summed E-state index contributed by atoms with van der Waals surface area (Å²) in [6.07, 6.45) is 4.36. The molecule has 4 nitrogen and oxygen atoms in total. The van der Waals surface area contributed by atoms with Gasteiger partial charge in [-0.2, -0.15) is 0 Å². The van der Waals surface area contributed by atoms with E-state index in [-0.39, 0.29) is 17.7 Å². The van der Waals surface area contributed by atoms with Crippen LogP contribution in [0.25, 0.3) is 0 Å². The third-order valence-corrected chi connectivity index (χ3v) is 4.26. The molecule has 1 fully saturated rings. The van der Waals surface area contributed by atoms with Crippen molar-refractivity contribution in [1.29, 1.82) is 0 Å². The molecule has 1 unspecified atom stereocenters. The molecule has 2 amide bonds. The van der Waals surface area contributed by atoms with Gasteiger partial charge in [-0.3, -0.25) is 9.59 Å². The van der Waals surface area contributed by atoms with Crippen LogP contribution in [0, 0.1) is 5.92 Å². The number of carbonyl (C=O) groups is 2. The van der Waals surface area contributed by atoms with Crippen molar-refractivity contribution in [3.05, 3.63) is 29.8 Å². The normalized spacial score (nSPS) is 18.4. The van der Waals surface area contributed by atoms with Crippen molar-refractivity contribution >= 4 is 17.5 Å². The predicted octanol–water partition coefficient (Wildman–Crippen LogP) is 3.69. The van der Waals surface area contributed by atoms with E-state index in [0.29, 0.717) is 17.3 Å². The molecule has 0 bridgehead atoms. The van der Waals surface area contributed by atoms with Gasteiger partial charge in [0.25, 0.3) is 5.91 Å². The molecule has 0 saturated carbocycles. The summed E-state index contributed by atoms with van der Waals surface area (Å²) < 4.78 is 0. The highest BCUT2D eigenvalue weighted by atomic mass is 16.2. The maximum absolute atomic E-state index is 12.8. The standard InChI is InChI=1S/C18H26N2O2/c1-4-16-10-5-6-11-20(16)18(22)14-8-7-9-15(12-14)19-17(21)13(2)3/h7-9,12-13,16H,4-6,10-11H2,1-3H3,(H,19,21). The summed E-state index contributed by atoms with van der Waals surface area (Å²) in [4.78, 5) is 26.5. The highest BCUT2D eigenvalue weighted by Gasteiger charge is 2.26. The molecule has 22 heavy (non-hydrogen) atoms. The molecular weight excluding hydrogens is 276 g/mol. The second-order valence-electron chi connectivity index (χ2n) is 6.28. The molecule has 1 N–H and O–H groups in total. The van der Waals surface area contributed by atoms with Crippen molar-refractivity contribution in [3.63, 3.8) is 0 Å². The van der Waals surface area contributed by atoms with Gasteiger partial charge < -0.3 is 10.2 Å². The number of piperidine rings is 1. The Morgan fingerprint density at radius 3 is 2.77 bits per heavy atom. The lowest BCUT2D eigenvalue weighted by Crippen LogP contribution is -2.43. The van der Waals surface area contributed by atoms with Crippen LogP contribution in [-0.4, -0.2) is 29.3 Å². The van der Waals surface area contributed by atoms with Gasteiger partial charge in [-0.15, -0.1) is 0 Å². The molecule has 0 aromatic heterocycles. The number of amides is 2. The smallest absolute Gasteiger partial charge is 0.254 e. The molecule has 1 aromatic rings. The summed E-state index contributed by atoms with van der Waals surface area (Å²) in [7, 11) is 0. The monoisotopic (exact) mass is 302 g/mol. The van der Waals surface area contributed by atoms with Gasteiger partial charge in [0.05, 0.1) is 0 Å². The molecule has 120 valence electrons. The van der Waals surface area contributed by atoms with Crippen molar-refractivity contribution in [2.24, 2.45) is 5.92 Å². The first kappa shape index (κ1) is 16.5. The third-order valence-electron chi connectivity index (χ3n) is 4.26. The minimum atomic E-state index is -0.0778. The van der Waals surface area contributed by atoms with Crippen molar-refractivity contribution in [1.82, 2.24) is 4.90 Å². The molecule has 4 heteroatoms. The minimum Gasteiger partial charge on any atom is -0.336 e. The number of nitrogens with one attached hydrogen (secondary N) is 1. The Kier molecular flexibility index (Phi) is 5.58. The van der Waals surface area contributed by atoms with E-state index in [1.54, 1.807) is 6.07 Å². The lowest BCUT2D eigenvalue weighted by Gasteiger charge is -2.35. The fourth-order valence-corrected chi connectivity index (χ4v) is 2.87. The number of likely N-dealkylation sites (tertiary alicyclic amines) is 1. The summed E-state index contributed by atoms with van der Waals surface area (Å²) in [5.41, 5.74) is 1.34. The topological polar surface area (TPSA) is 49.4 Å². The Labute approximate surface area is 132 Å². The van der Waals surface area contributed by atoms with Crippen molar-refractivity contribution in [2.45, 2.75) is 52.5 Å². The van der Waals surface area contributed by atoms with E-state index in [9.17, 15) is 9.59 Å². The molecule has 1 aliphatic heterocycles. The fourth-order valence-electron chi connectivity index (χ4n) is 2.87. The van der Waals surface area contributed by atoms with E-state index in [0.717, 1.165) is 25.8 Å². The van der Waals surface area contributed by atoms with E-state index in [4.69, 9.17) is 0 Å². The van der Waals surface area contributed by atoms with E-state index in [1.807, 2.05) is 36.9 Å². The third kappa shape index (κ3) is 3.87. The maximum Gasteiger partial charge on any atom is 0.254 e.